The number of aromatic nitrogens is 4. The van der Waals surface area contributed by atoms with Gasteiger partial charge in [0.25, 0.3) is 0 Å². The van der Waals surface area contributed by atoms with Gasteiger partial charge in [-0.25, -0.2) is 0 Å². The maximum absolute atomic E-state index is 5.79. The Morgan fingerprint density at radius 3 is 2.94 bits per heavy atom. The van der Waals surface area contributed by atoms with Crippen LogP contribution in [0.2, 0.25) is 0 Å². The third kappa shape index (κ3) is 2.66. The Kier molecular flexibility index (Phi) is 3.31. The average Bonchev–Trinajstić information content (AvgIpc) is 2.76. The quantitative estimate of drug-likeness (QED) is 0.820. The van der Waals surface area contributed by atoms with Gasteiger partial charge in [0.1, 0.15) is 5.38 Å². The van der Waals surface area contributed by atoms with Crippen LogP contribution >= 0.6 is 11.6 Å². The highest BCUT2D eigenvalue weighted by atomic mass is 35.5. The van der Waals surface area contributed by atoms with E-state index in [1.54, 1.807) is 13.1 Å². The summed E-state index contributed by atoms with van der Waals surface area (Å²) in [6, 6.07) is 3.99. The molecule has 0 bridgehead atoms. The zero-order chi connectivity index (χ0) is 11.4. The number of hydrogen-bond acceptors (Lipinski definition) is 6. The van der Waals surface area contributed by atoms with E-state index in [1.807, 2.05) is 12.1 Å². The highest BCUT2D eigenvalue weighted by Gasteiger charge is 2.10. The molecule has 0 saturated heterocycles. The Hall–Kier alpha value is -1.69. The molecule has 0 amide bonds. The van der Waals surface area contributed by atoms with Crippen LogP contribution in [-0.4, -0.2) is 20.4 Å². The van der Waals surface area contributed by atoms with Crippen molar-refractivity contribution in [3.8, 4) is 0 Å². The highest BCUT2D eigenvalue weighted by Crippen LogP contribution is 2.19. The van der Waals surface area contributed by atoms with Gasteiger partial charge < -0.3 is 9.73 Å². The SMILES string of the molecule is CC(Cl)c1nnc(NCc2cccnn2)o1. The van der Waals surface area contributed by atoms with Crippen LogP contribution in [0.15, 0.2) is 22.7 Å². The smallest absolute Gasteiger partial charge is 0.315 e. The Morgan fingerprint density at radius 2 is 2.31 bits per heavy atom. The van der Waals surface area contributed by atoms with Crippen LogP contribution in [0.3, 0.4) is 0 Å². The topological polar surface area (TPSA) is 76.7 Å². The molecule has 0 aliphatic carbocycles. The zero-order valence-corrected chi connectivity index (χ0v) is 9.35. The lowest BCUT2D eigenvalue weighted by atomic mass is 10.4. The third-order valence-corrected chi connectivity index (χ3v) is 2.02. The summed E-state index contributed by atoms with van der Waals surface area (Å²) in [7, 11) is 0. The molecule has 2 rings (SSSR count). The van der Waals surface area contributed by atoms with Gasteiger partial charge in [0, 0.05) is 6.20 Å². The second kappa shape index (κ2) is 4.89. The minimum atomic E-state index is -0.292. The summed E-state index contributed by atoms with van der Waals surface area (Å²) in [5, 5.41) is 17.9. The fourth-order valence-electron chi connectivity index (χ4n) is 1.06. The first-order chi connectivity index (χ1) is 7.75. The van der Waals surface area contributed by atoms with Crippen molar-refractivity contribution in [2.24, 2.45) is 0 Å². The van der Waals surface area contributed by atoms with Crippen molar-refractivity contribution in [2.75, 3.05) is 5.32 Å². The van der Waals surface area contributed by atoms with Gasteiger partial charge in [-0.05, 0) is 19.1 Å². The summed E-state index contributed by atoms with van der Waals surface area (Å²) in [5.41, 5.74) is 0.793. The molecule has 2 heterocycles. The lowest BCUT2D eigenvalue weighted by Gasteiger charge is -1.98. The van der Waals surface area contributed by atoms with Crippen molar-refractivity contribution in [2.45, 2.75) is 18.8 Å². The van der Waals surface area contributed by atoms with Gasteiger partial charge in [-0.1, -0.05) is 5.10 Å². The molecule has 84 valence electrons. The van der Waals surface area contributed by atoms with Crippen LogP contribution in [0.4, 0.5) is 6.01 Å². The number of rotatable bonds is 4. The van der Waals surface area contributed by atoms with Crippen molar-refractivity contribution >= 4 is 17.6 Å². The first-order valence-corrected chi connectivity index (χ1v) is 5.17. The minimum absolute atomic E-state index is 0.292. The average molecular weight is 240 g/mol. The summed E-state index contributed by atoms with van der Waals surface area (Å²) >= 11 is 5.79. The van der Waals surface area contributed by atoms with Crippen molar-refractivity contribution in [3.05, 3.63) is 29.9 Å². The predicted octanol–water partition coefficient (Wildman–Crippen LogP) is 1.77. The van der Waals surface area contributed by atoms with Crippen LogP contribution in [0.25, 0.3) is 0 Å². The van der Waals surface area contributed by atoms with Gasteiger partial charge in [0.05, 0.1) is 12.2 Å². The fraction of sp³-hybridized carbons (Fsp3) is 0.333. The summed E-state index contributed by atoms with van der Waals surface area (Å²) in [6.07, 6.45) is 1.61. The van der Waals surface area contributed by atoms with Crippen LogP contribution < -0.4 is 5.32 Å². The number of nitrogens with zero attached hydrogens (tertiary/aromatic N) is 4. The van der Waals surface area contributed by atoms with Crippen LogP contribution in [0.1, 0.15) is 23.9 Å². The molecular weight excluding hydrogens is 230 g/mol. The second-order valence-corrected chi connectivity index (χ2v) is 3.78. The zero-order valence-electron chi connectivity index (χ0n) is 8.59. The molecule has 0 aliphatic rings. The van der Waals surface area contributed by atoms with E-state index in [4.69, 9.17) is 16.0 Å². The molecule has 0 fully saturated rings. The van der Waals surface area contributed by atoms with E-state index in [1.165, 1.54) is 0 Å². The third-order valence-electron chi connectivity index (χ3n) is 1.83. The van der Waals surface area contributed by atoms with E-state index in [-0.39, 0.29) is 5.38 Å². The van der Waals surface area contributed by atoms with Gasteiger partial charge >= 0.3 is 6.01 Å². The Labute approximate surface area is 97.0 Å². The molecule has 2 aromatic heterocycles. The van der Waals surface area contributed by atoms with E-state index in [0.29, 0.717) is 18.5 Å². The molecule has 1 unspecified atom stereocenters. The summed E-state index contributed by atoms with van der Waals surface area (Å²) in [4.78, 5) is 0. The lowest BCUT2D eigenvalue weighted by Crippen LogP contribution is -2.02. The Morgan fingerprint density at radius 1 is 1.44 bits per heavy atom. The Bertz CT molecular complexity index is 444. The number of nitrogens with one attached hydrogen (secondary N) is 1. The minimum Gasteiger partial charge on any atom is -0.406 e. The van der Waals surface area contributed by atoms with E-state index in [9.17, 15) is 0 Å². The van der Waals surface area contributed by atoms with Crippen LogP contribution in [0.5, 0.6) is 0 Å². The largest absolute Gasteiger partial charge is 0.406 e. The molecule has 0 aromatic carbocycles. The number of alkyl halides is 1. The first kappa shape index (κ1) is 10.8. The fourth-order valence-corrected chi connectivity index (χ4v) is 1.15. The standard InChI is InChI=1S/C9H10ClN5O/c1-6(10)8-14-15-9(16-8)11-5-7-3-2-4-12-13-7/h2-4,6H,5H2,1H3,(H,11,15). The van der Waals surface area contributed by atoms with Gasteiger partial charge in [-0.15, -0.1) is 16.7 Å². The number of halogens is 1. The van der Waals surface area contributed by atoms with E-state index in [2.05, 4.69) is 25.7 Å². The molecule has 1 atom stereocenters. The molecule has 2 aromatic rings. The number of anilines is 1. The lowest BCUT2D eigenvalue weighted by molar-refractivity contribution is 0.505. The van der Waals surface area contributed by atoms with Crippen molar-refractivity contribution < 1.29 is 4.42 Å². The van der Waals surface area contributed by atoms with Gasteiger partial charge in [0.2, 0.25) is 5.89 Å². The van der Waals surface area contributed by atoms with Crippen LogP contribution in [-0.2, 0) is 6.54 Å². The monoisotopic (exact) mass is 239 g/mol. The maximum Gasteiger partial charge on any atom is 0.315 e. The molecule has 7 heteroatoms. The van der Waals surface area contributed by atoms with Gasteiger partial charge in [-0.2, -0.15) is 10.2 Å². The van der Waals surface area contributed by atoms with E-state index in [0.717, 1.165) is 5.69 Å². The molecule has 0 aliphatic heterocycles. The predicted molar refractivity (Wildman–Crippen MR) is 57.9 cm³/mol. The molecule has 0 saturated carbocycles. The van der Waals surface area contributed by atoms with Crippen molar-refractivity contribution in [1.82, 2.24) is 20.4 Å². The van der Waals surface area contributed by atoms with Crippen molar-refractivity contribution in [3.63, 3.8) is 0 Å². The first-order valence-electron chi connectivity index (χ1n) is 4.73. The maximum atomic E-state index is 5.79. The van der Waals surface area contributed by atoms with Crippen molar-refractivity contribution in [1.29, 1.82) is 0 Å². The van der Waals surface area contributed by atoms with E-state index < -0.39 is 0 Å². The van der Waals surface area contributed by atoms with Crippen LogP contribution in [0, 0.1) is 0 Å². The second-order valence-electron chi connectivity index (χ2n) is 3.13. The number of hydrogen-bond donors (Lipinski definition) is 1. The molecule has 0 radical (unpaired) electrons. The molecular formula is C9H10ClN5O. The normalized spacial score (nSPS) is 12.4. The molecule has 16 heavy (non-hydrogen) atoms. The van der Waals surface area contributed by atoms with Gasteiger partial charge in [-0.3, -0.25) is 0 Å². The van der Waals surface area contributed by atoms with E-state index >= 15 is 0 Å². The Balaban J connectivity index is 1.95. The summed E-state index contributed by atoms with van der Waals surface area (Å²) in [5.74, 6) is 0.392. The molecule has 0 spiro atoms. The molecule has 6 nitrogen and oxygen atoms in total. The summed E-state index contributed by atoms with van der Waals surface area (Å²) in [6.45, 7) is 2.24. The molecule has 1 N–H and O–H groups in total. The van der Waals surface area contributed by atoms with Gasteiger partial charge in [0.15, 0.2) is 0 Å². The highest BCUT2D eigenvalue weighted by molar-refractivity contribution is 6.20. The summed E-state index contributed by atoms with van der Waals surface area (Å²) < 4.78 is 5.25.